The molecular formula is C15H22N2O3. The zero-order valence-electron chi connectivity index (χ0n) is 12.3. The molecule has 20 heavy (non-hydrogen) atoms. The van der Waals surface area contributed by atoms with Gasteiger partial charge in [0.15, 0.2) is 0 Å². The SMILES string of the molecule is COc1ccc(N)cc1C(=O)N1CCCC(C)(OC)C1. The van der Waals surface area contributed by atoms with Crippen LogP contribution in [0, 0.1) is 0 Å². The number of likely N-dealkylation sites (tertiary alicyclic amines) is 1. The molecule has 1 heterocycles. The first-order valence-electron chi connectivity index (χ1n) is 6.77. The lowest BCUT2D eigenvalue weighted by molar-refractivity contribution is -0.0440. The summed E-state index contributed by atoms with van der Waals surface area (Å²) in [6, 6.07) is 5.12. The predicted octanol–water partition coefficient (Wildman–Crippen LogP) is 1.92. The monoisotopic (exact) mass is 278 g/mol. The maximum absolute atomic E-state index is 12.7. The van der Waals surface area contributed by atoms with Crippen LogP contribution < -0.4 is 10.5 Å². The van der Waals surface area contributed by atoms with Gasteiger partial charge in [-0.05, 0) is 38.0 Å². The molecule has 1 amide bonds. The Labute approximate surface area is 119 Å². The number of methoxy groups -OCH3 is 2. The molecule has 2 N–H and O–H groups in total. The summed E-state index contributed by atoms with van der Waals surface area (Å²) in [7, 11) is 3.24. The fraction of sp³-hybridized carbons (Fsp3) is 0.533. The van der Waals surface area contributed by atoms with E-state index in [1.54, 1.807) is 32.4 Å². The van der Waals surface area contributed by atoms with Gasteiger partial charge in [-0.15, -0.1) is 0 Å². The molecule has 110 valence electrons. The Morgan fingerprint density at radius 2 is 2.15 bits per heavy atom. The van der Waals surface area contributed by atoms with E-state index in [-0.39, 0.29) is 11.5 Å². The van der Waals surface area contributed by atoms with Crippen LogP contribution in [0.15, 0.2) is 18.2 Å². The second-order valence-corrected chi connectivity index (χ2v) is 5.44. The first kappa shape index (κ1) is 14.7. The van der Waals surface area contributed by atoms with Gasteiger partial charge in [-0.1, -0.05) is 0 Å². The third kappa shape index (κ3) is 2.88. The van der Waals surface area contributed by atoms with Gasteiger partial charge in [-0.3, -0.25) is 4.79 Å². The van der Waals surface area contributed by atoms with Crippen molar-refractivity contribution in [3.8, 4) is 5.75 Å². The van der Waals surface area contributed by atoms with Crippen LogP contribution in [0.4, 0.5) is 5.69 Å². The molecule has 5 heteroatoms. The van der Waals surface area contributed by atoms with Gasteiger partial charge in [0.05, 0.1) is 18.3 Å². The largest absolute Gasteiger partial charge is 0.496 e. The average Bonchev–Trinajstić information content (AvgIpc) is 2.46. The number of hydrogen-bond acceptors (Lipinski definition) is 4. The fourth-order valence-corrected chi connectivity index (χ4v) is 2.61. The van der Waals surface area contributed by atoms with Crippen molar-refractivity contribution >= 4 is 11.6 Å². The van der Waals surface area contributed by atoms with E-state index in [2.05, 4.69) is 0 Å². The second-order valence-electron chi connectivity index (χ2n) is 5.44. The maximum Gasteiger partial charge on any atom is 0.257 e. The summed E-state index contributed by atoms with van der Waals surface area (Å²) in [5.74, 6) is 0.492. The van der Waals surface area contributed by atoms with Gasteiger partial charge in [-0.2, -0.15) is 0 Å². The Morgan fingerprint density at radius 3 is 2.80 bits per heavy atom. The van der Waals surface area contributed by atoms with Gasteiger partial charge in [-0.25, -0.2) is 0 Å². The minimum Gasteiger partial charge on any atom is -0.496 e. The zero-order valence-corrected chi connectivity index (χ0v) is 12.3. The van der Waals surface area contributed by atoms with E-state index in [1.807, 2.05) is 11.8 Å². The van der Waals surface area contributed by atoms with Crippen molar-refractivity contribution in [3.63, 3.8) is 0 Å². The average molecular weight is 278 g/mol. The molecule has 5 nitrogen and oxygen atoms in total. The van der Waals surface area contributed by atoms with Crippen molar-refractivity contribution in [3.05, 3.63) is 23.8 Å². The van der Waals surface area contributed by atoms with Gasteiger partial charge in [0.2, 0.25) is 0 Å². The Morgan fingerprint density at radius 1 is 1.40 bits per heavy atom. The third-order valence-electron chi connectivity index (χ3n) is 3.89. The highest BCUT2D eigenvalue weighted by Crippen LogP contribution is 2.28. The van der Waals surface area contributed by atoms with Crippen LogP contribution in [0.1, 0.15) is 30.1 Å². The zero-order chi connectivity index (χ0) is 14.8. The van der Waals surface area contributed by atoms with E-state index in [0.29, 0.717) is 23.5 Å². The highest BCUT2D eigenvalue weighted by atomic mass is 16.5. The molecule has 0 aliphatic carbocycles. The number of nitrogens with two attached hydrogens (primary N) is 1. The second kappa shape index (κ2) is 5.71. The lowest BCUT2D eigenvalue weighted by atomic mass is 9.94. The number of rotatable bonds is 3. The van der Waals surface area contributed by atoms with Crippen LogP contribution in [0.3, 0.4) is 0 Å². The smallest absolute Gasteiger partial charge is 0.257 e. The molecule has 1 atom stereocenters. The van der Waals surface area contributed by atoms with Crippen molar-refractivity contribution in [2.75, 3.05) is 33.0 Å². The van der Waals surface area contributed by atoms with E-state index in [4.69, 9.17) is 15.2 Å². The Hall–Kier alpha value is -1.75. The number of nitrogen functional groups attached to an aromatic ring is 1. The van der Waals surface area contributed by atoms with Gasteiger partial charge in [0, 0.05) is 25.9 Å². The van der Waals surface area contributed by atoms with E-state index >= 15 is 0 Å². The predicted molar refractivity (Wildman–Crippen MR) is 78.0 cm³/mol. The quantitative estimate of drug-likeness (QED) is 0.858. The van der Waals surface area contributed by atoms with Crippen molar-refractivity contribution in [2.24, 2.45) is 0 Å². The van der Waals surface area contributed by atoms with Crippen LogP contribution in [0.5, 0.6) is 5.75 Å². The van der Waals surface area contributed by atoms with Crippen LogP contribution in [0.2, 0.25) is 0 Å². The normalized spacial score (nSPS) is 22.6. The summed E-state index contributed by atoms with van der Waals surface area (Å²) in [5.41, 5.74) is 6.57. The standard InChI is InChI=1S/C15H22N2O3/c1-15(20-3)7-4-8-17(10-15)14(18)12-9-11(16)5-6-13(12)19-2/h5-6,9H,4,7-8,10,16H2,1-3H3. The number of anilines is 1. The van der Waals surface area contributed by atoms with Crippen molar-refractivity contribution < 1.29 is 14.3 Å². The van der Waals surface area contributed by atoms with Crippen LogP contribution in [-0.4, -0.2) is 43.7 Å². The maximum atomic E-state index is 12.7. The van der Waals surface area contributed by atoms with E-state index in [0.717, 1.165) is 19.4 Å². The molecule has 1 saturated heterocycles. The van der Waals surface area contributed by atoms with Crippen molar-refractivity contribution in [1.82, 2.24) is 4.90 Å². The minimum absolute atomic E-state index is 0.0582. The molecule has 0 radical (unpaired) electrons. The Balaban J connectivity index is 2.25. The number of amides is 1. The molecule has 0 bridgehead atoms. The molecule has 0 spiro atoms. The summed E-state index contributed by atoms with van der Waals surface area (Å²) in [6.45, 7) is 3.35. The number of benzene rings is 1. The van der Waals surface area contributed by atoms with E-state index < -0.39 is 0 Å². The van der Waals surface area contributed by atoms with Gasteiger partial charge in [0.25, 0.3) is 5.91 Å². The fourth-order valence-electron chi connectivity index (χ4n) is 2.61. The number of carbonyl (C=O) groups is 1. The molecule has 1 aromatic rings. The first-order chi connectivity index (χ1) is 9.49. The molecule has 1 fully saturated rings. The van der Waals surface area contributed by atoms with Crippen LogP contribution >= 0.6 is 0 Å². The number of nitrogens with zero attached hydrogens (tertiary/aromatic N) is 1. The highest BCUT2D eigenvalue weighted by Gasteiger charge is 2.34. The van der Waals surface area contributed by atoms with Crippen LogP contribution in [0.25, 0.3) is 0 Å². The molecule has 1 unspecified atom stereocenters. The summed E-state index contributed by atoms with van der Waals surface area (Å²) in [6.07, 6.45) is 1.89. The molecular weight excluding hydrogens is 256 g/mol. The van der Waals surface area contributed by atoms with Gasteiger partial charge in [0.1, 0.15) is 5.75 Å². The van der Waals surface area contributed by atoms with Gasteiger partial charge < -0.3 is 20.1 Å². The Bertz CT molecular complexity index is 504. The molecule has 1 aliphatic heterocycles. The minimum atomic E-state index is -0.276. The van der Waals surface area contributed by atoms with Crippen LogP contribution in [-0.2, 0) is 4.74 Å². The lowest BCUT2D eigenvalue weighted by Gasteiger charge is -2.39. The van der Waals surface area contributed by atoms with E-state index in [9.17, 15) is 4.79 Å². The molecule has 2 rings (SSSR count). The molecule has 1 aliphatic rings. The van der Waals surface area contributed by atoms with Crippen molar-refractivity contribution in [1.29, 1.82) is 0 Å². The number of carbonyl (C=O) groups excluding carboxylic acids is 1. The third-order valence-corrected chi connectivity index (χ3v) is 3.89. The number of ether oxygens (including phenoxy) is 2. The topological polar surface area (TPSA) is 64.8 Å². The first-order valence-corrected chi connectivity index (χ1v) is 6.77. The van der Waals surface area contributed by atoms with E-state index in [1.165, 1.54) is 0 Å². The summed E-state index contributed by atoms with van der Waals surface area (Å²) < 4.78 is 10.8. The molecule has 1 aromatic carbocycles. The van der Waals surface area contributed by atoms with Crippen molar-refractivity contribution in [2.45, 2.75) is 25.4 Å². The Kier molecular flexibility index (Phi) is 4.18. The summed E-state index contributed by atoms with van der Waals surface area (Å²) in [5, 5.41) is 0. The lowest BCUT2D eigenvalue weighted by Crippen LogP contribution is -2.49. The molecule has 0 aromatic heterocycles. The highest BCUT2D eigenvalue weighted by molar-refractivity contribution is 5.98. The van der Waals surface area contributed by atoms with Gasteiger partial charge >= 0.3 is 0 Å². The number of piperidine rings is 1. The molecule has 0 saturated carbocycles. The number of hydrogen-bond donors (Lipinski definition) is 1. The summed E-state index contributed by atoms with van der Waals surface area (Å²) >= 11 is 0. The summed E-state index contributed by atoms with van der Waals surface area (Å²) in [4.78, 5) is 14.5.